The van der Waals surface area contributed by atoms with Gasteiger partial charge < -0.3 is 10.8 Å². The van der Waals surface area contributed by atoms with E-state index >= 15 is 0 Å². The molecule has 0 saturated heterocycles. The normalized spacial score (nSPS) is 10.9. The Hall–Kier alpha value is -0.490. The number of hydrogen-bond donors (Lipinski definition) is 4. The quantitative estimate of drug-likeness (QED) is 0.457. The first kappa shape index (κ1) is 14.1. The van der Waals surface area contributed by atoms with E-state index in [1.54, 1.807) is 0 Å². The van der Waals surface area contributed by atoms with E-state index in [2.05, 4.69) is 10.0 Å². The maximum Gasteiger partial charge on any atom is 0.745 e. The number of carbonyl (C=O) groups is 1. The van der Waals surface area contributed by atoms with Gasteiger partial charge in [-0.05, 0) is 0 Å². The van der Waals surface area contributed by atoms with E-state index in [1.807, 2.05) is 0 Å². The molecule has 0 aromatic rings. The zero-order valence-corrected chi connectivity index (χ0v) is 7.44. The Kier molecular flexibility index (Phi) is 10.1. The summed E-state index contributed by atoms with van der Waals surface area (Å²) in [6, 6.07) is 0. The number of rotatable bonds is 3. The lowest BCUT2D eigenvalue weighted by atomic mass is 10.7. The van der Waals surface area contributed by atoms with Crippen molar-refractivity contribution in [2.45, 2.75) is 0 Å². The highest BCUT2D eigenvalue weighted by molar-refractivity contribution is 7.46. The molecule has 0 spiro atoms. The van der Waals surface area contributed by atoms with Gasteiger partial charge >= 0.3 is 22.5 Å². The summed E-state index contributed by atoms with van der Waals surface area (Å²) in [4.78, 5) is 24.6. The van der Waals surface area contributed by atoms with Crippen LogP contribution in [0.5, 0.6) is 0 Å². The molecule has 0 fully saturated rings. The summed E-state index contributed by atoms with van der Waals surface area (Å²) in [7, 11) is -5.85. The molecule has 0 radical (unpaired) electrons. The molecule has 10 heteroatoms. The number of nitrogens with two attached hydrogens (primary N) is 1. The predicted octanol–water partition coefficient (Wildman–Crippen LogP) is -0.668. The third-order valence-corrected chi connectivity index (χ3v) is 1.43. The average Bonchev–Trinajstić information content (AvgIpc) is 1.85. The summed E-state index contributed by atoms with van der Waals surface area (Å²) in [6.07, 6.45) is 0. The van der Waals surface area contributed by atoms with Crippen molar-refractivity contribution in [2.24, 2.45) is 5.73 Å². The van der Waals surface area contributed by atoms with Crippen molar-refractivity contribution >= 4 is 22.5 Å². The Morgan fingerprint density at radius 1 is 1.33 bits per heavy atom. The molecule has 12 heavy (non-hydrogen) atoms. The summed E-state index contributed by atoms with van der Waals surface area (Å²) < 4.78 is 22.2. The number of hydrogen-bond acceptors (Lipinski definition) is 5. The van der Waals surface area contributed by atoms with Crippen molar-refractivity contribution < 1.29 is 33.1 Å². The second-order valence-electron chi connectivity index (χ2n) is 1.16. The van der Waals surface area contributed by atoms with Crippen LogP contribution in [0.25, 0.3) is 0 Å². The van der Waals surface area contributed by atoms with Crippen molar-refractivity contribution in [1.82, 2.24) is 0 Å². The molecular weight excluding hydrogens is 212 g/mol. The second kappa shape index (κ2) is 8.61. The first-order chi connectivity index (χ1) is 5.40. The van der Waals surface area contributed by atoms with Crippen molar-refractivity contribution in [3.05, 3.63) is 0 Å². The molecule has 0 saturated carbocycles. The molecule has 0 heterocycles. The average molecular weight is 219 g/mol. The topological polar surface area (TPSA) is 147 Å². The summed E-state index contributed by atoms with van der Waals surface area (Å²) in [5.41, 5.74) is 4.57. The Balaban J connectivity index is 0. The van der Waals surface area contributed by atoms with E-state index in [0.717, 1.165) is 0 Å². The summed E-state index contributed by atoms with van der Waals surface area (Å²) in [5, 5.41) is 7.60. The molecule has 2 atom stereocenters. The lowest BCUT2D eigenvalue weighted by Gasteiger charge is -1.73. The minimum Gasteiger partial charge on any atom is -0.480 e. The van der Waals surface area contributed by atoms with Gasteiger partial charge in [-0.15, -0.1) is 9.79 Å². The molecule has 70 valence electrons. The van der Waals surface area contributed by atoms with Crippen molar-refractivity contribution in [3.8, 4) is 0 Å². The van der Waals surface area contributed by atoms with Gasteiger partial charge in [0.05, 0.1) is 6.54 Å². The van der Waals surface area contributed by atoms with E-state index in [1.165, 1.54) is 0 Å². The molecule has 0 aliphatic rings. The Labute approximate surface area is 68.9 Å². The highest BCUT2D eigenvalue weighted by atomic mass is 31.2. The van der Waals surface area contributed by atoms with Gasteiger partial charge in [0.2, 0.25) is 0 Å². The first-order valence-electron chi connectivity index (χ1n) is 2.32. The summed E-state index contributed by atoms with van der Waals surface area (Å²) in [6.45, 7) is -0.278. The lowest BCUT2D eigenvalue weighted by molar-refractivity contribution is -0.135. The van der Waals surface area contributed by atoms with Crippen LogP contribution in [0.1, 0.15) is 0 Å². The van der Waals surface area contributed by atoms with Gasteiger partial charge in [0.1, 0.15) is 0 Å². The van der Waals surface area contributed by atoms with Gasteiger partial charge in [0, 0.05) is 9.13 Å². The molecule has 5 N–H and O–H groups in total. The van der Waals surface area contributed by atoms with Gasteiger partial charge in [-0.25, -0.2) is 0 Å². The number of carboxylic acid groups (broad SMARTS) is 1. The maximum absolute atomic E-state index is 9.39. The zero-order valence-electron chi connectivity index (χ0n) is 5.65. The van der Waals surface area contributed by atoms with E-state index < -0.39 is 22.5 Å². The molecule has 0 rings (SSSR count). The molecule has 8 nitrogen and oxygen atoms in total. The largest absolute Gasteiger partial charge is 0.745 e. The lowest BCUT2D eigenvalue weighted by Crippen LogP contribution is -2.10. The van der Waals surface area contributed by atoms with Crippen LogP contribution in [0.15, 0.2) is 0 Å². The van der Waals surface area contributed by atoms with Gasteiger partial charge in [0.25, 0.3) is 0 Å². The van der Waals surface area contributed by atoms with Crippen LogP contribution in [0.3, 0.4) is 0 Å². The van der Waals surface area contributed by atoms with E-state index in [-0.39, 0.29) is 6.54 Å². The Morgan fingerprint density at radius 2 is 1.58 bits per heavy atom. The zero-order chi connectivity index (χ0) is 10.1. The maximum atomic E-state index is 9.39. The van der Waals surface area contributed by atoms with E-state index in [4.69, 9.17) is 14.9 Å². The van der Waals surface area contributed by atoms with Crippen molar-refractivity contribution in [3.63, 3.8) is 0 Å². The Bertz CT molecular complexity index is 168. The standard InChI is InChI=1S/C2H5NO2.O5P2/c3-1-2(4)5;1-6(2)5-7(3)4/h1,3H2,(H,4,5);/p+2. The molecule has 0 aromatic heterocycles. The molecule has 0 bridgehead atoms. The van der Waals surface area contributed by atoms with Crippen LogP contribution in [0.2, 0.25) is 0 Å². The Morgan fingerprint density at radius 3 is 1.58 bits per heavy atom. The van der Waals surface area contributed by atoms with Gasteiger partial charge in [-0.2, -0.15) is 0 Å². The molecule has 2 unspecified atom stereocenters. The third kappa shape index (κ3) is 22.7. The smallest absolute Gasteiger partial charge is 0.480 e. The molecular formula is C2H7NO7P2+2. The van der Waals surface area contributed by atoms with Crippen LogP contribution in [-0.4, -0.2) is 27.4 Å². The van der Waals surface area contributed by atoms with Gasteiger partial charge in [-0.1, -0.05) is 0 Å². The van der Waals surface area contributed by atoms with Gasteiger partial charge in [-0.3, -0.25) is 4.79 Å². The van der Waals surface area contributed by atoms with Crippen LogP contribution < -0.4 is 5.73 Å². The fourth-order valence-corrected chi connectivity index (χ4v) is 0.538. The van der Waals surface area contributed by atoms with Crippen LogP contribution >= 0.6 is 16.5 Å². The minimum absolute atomic E-state index is 0.278. The highest BCUT2D eigenvalue weighted by Gasteiger charge is 2.31. The van der Waals surface area contributed by atoms with Crippen molar-refractivity contribution in [1.29, 1.82) is 0 Å². The third-order valence-electron chi connectivity index (χ3n) is 0.314. The molecule has 0 amide bonds. The number of carboxylic acids is 1. The SMILES string of the molecule is NCC(=O)O.O=[P+](O)O[P+](=O)O. The number of aliphatic carboxylic acids is 1. The van der Waals surface area contributed by atoms with E-state index in [0.29, 0.717) is 0 Å². The summed E-state index contributed by atoms with van der Waals surface area (Å²) in [5.74, 6) is -0.968. The van der Waals surface area contributed by atoms with Crippen LogP contribution in [-0.2, 0) is 18.2 Å². The fourth-order valence-electron chi connectivity index (χ4n) is 0.0598. The minimum atomic E-state index is -2.92. The first-order valence-corrected chi connectivity index (χ1v) is 4.58. The fraction of sp³-hybridized carbons (Fsp3) is 0.500. The van der Waals surface area contributed by atoms with E-state index in [9.17, 15) is 13.9 Å². The van der Waals surface area contributed by atoms with Crippen LogP contribution in [0, 0.1) is 0 Å². The summed E-state index contributed by atoms with van der Waals surface area (Å²) >= 11 is 0. The predicted molar refractivity (Wildman–Crippen MR) is 37.4 cm³/mol. The molecule has 0 aromatic carbocycles. The highest BCUT2D eigenvalue weighted by Crippen LogP contribution is 2.30. The van der Waals surface area contributed by atoms with Crippen LogP contribution in [0.4, 0.5) is 0 Å². The monoisotopic (exact) mass is 219 g/mol. The molecule has 0 aliphatic heterocycles. The second-order valence-corrected chi connectivity index (χ2v) is 2.76. The molecule has 0 aliphatic carbocycles. The van der Waals surface area contributed by atoms with Gasteiger partial charge in [0.15, 0.2) is 4.31 Å². The van der Waals surface area contributed by atoms with Crippen molar-refractivity contribution in [2.75, 3.05) is 6.54 Å².